The van der Waals surface area contributed by atoms with Crippen LogP contribution in [0.1, 0.15) is 5.56 Å². The van der Waals surface area contributed by atoms with Gasteiger partial charge in [0.1, 0.15) is 11.6 Å². The molecule has 0 saturated heterocycles. The molecule has 8 nitrogen and oxygen atoms in total. The molecular formula is C20H18FN7O. The second-order valence-corrected chi connectivity index (χ2v) is 6.37. The van der Waals surface area contributed by atoms with E-state index in [4.69, 9.17) is 11.5 Å². The van der Waals surface area contributed by atoms with E-state index in [0.29, 0.717) is 17.2 Å². The maximum Gasteiger partial charge on any atom is 0.324 e. The van der Waals surface area contributed by atoms with Crippen LogP contribution in [0.4, 0.5) is 26.5 Å². The fraction of sp³-hybridized carbons (Fsp3) is 0.0500. The molecule has 2 amide bonds. The largest absolute Gasteiger partial charge is 0.382 e. The number of halogens is 1. The van der Waals surface area contributed by atoms with Gasteiger partial charge in [-0.2, -0.15) is 5.10 Å². The van der Waals surface area contributed by atoms with E-state index in [1.165, 1.54) is 12.1 Å². The quantitative estimate of drug-likeness (QED) is 0.363. The van der Waals surface area contributed by atoms with Gasteiger partial charge in [-0.05, 0) is 41.5 Å². The highest BCUT2D eigenvalue weighted by Gasteiger charge is 2.11. The molecule has 0 spiro atoms. The van der Waals surface area contributed by atoms with Gasteiger partial charge in [0.05, 0.1) is 16.6 Å². The van der Waals surface area contributed by atoms with E-state index in [9.17, 15) is 9.18 Å². The van der Waals surface area contributed by atoms with Gasteiger partial charge in [0.15, 0.2) is 5.82 Å². The first-order valence-electron chi connectivity index (χ1n) is 8.80. The number of pyridine rings is 1. The standard InChI is InChI=1S/C20H18FN7O/c21-14-6-4-11(9-22)8-16(14)25-20(29)26-17-7-5-12(10-24-17)13-2-1-3-15-18(13)19(23)28-27-15/h1-8,10H,9,22H2,(H3,23,27,28)(H2,24,25,26,29). The van der Waals surface area contributed by atoms with Crippen LogP contribution in [0.2, 0.25) is 0 Å². The number of rotatable bonds is 4. The van der Waals surface area contributed by atoms with Gasteiger partial charge in [-0.1, -0.05) is 18.2 Å². The predicted molar refractivity (Wildman–Crippen MR) is 111 cm³/mol. The van der Waals surface area contributed by atoms with Crippen molar-refractivity contribution in [3.05, 3.63) is 66.1 Å². The summed E-state index contributed by atoms with van der Waals surface area (Å²) in [6.45, 7) is 0.244. The molecule has 29 heavy (non-hydrogen) atoms. The zero-order chi connectivity index (χ0) is 20.4. The van der Waals surface area contributed by atoms with Crippen LogP contribution in [-0.2, 0) is 6.54 Å². The van der Waals surface area contributed by atoms with E-state index in [0.717, 1.165) is 22.0 Å². The lowest BCUT2D eigenvalue weighted by molar-refractivity contribution is 0.262. The normalized spacial score (nSPS) is 10.8. The van der Waals surface area contributed by atoms with E-state index >= 15 is 0 Å². The third-order valence-corrected chi connectivity index (χ3v) is 4.45. The van der Waals surface area contributed by atoms with Crippen LogP contribution in [0.3, 0.4) is 0 Å². The van der Waals surface area contributed by atoms with Crippen molar-refractivity contribution in [1.29, 1.82) is 0 Å². The number of nitrogens with zero attached hydrogens (tertiary/aromatic N) is 2. The van der Waals surface area contributed by atoms with Crippen molar-refractivity contribution in [3.8, 4) is 11.1 Å². The number of anilines is 3. The minimum Gasteiger partial charge on any atom is -0.382 e. The van der Waals surface area contributed by atoms with Crippen LogP contribution in [0.25, 0.3) is 22.0 Å². The van der Waals surface area contributed by atoms with Gasteiger partial charge < -0.3 is 16.8 Å². The molecule has 0 fully saturated rings. The molecule has 0 bridgehead atoms. The lowest BCUT2D eigenvalue weighted by Gasteiger charge is -2.10. The van der Waals surface area contributed by atoms with Gasteiger partial charge in [0, 0.05) is 18.3 Å². The first-order valence-corrected chi connectivity index (χ1v) is 8.80. The average molecular weight is 391 g/mol. The summed E-state index contributed by atoms with van der Waals surface area (Å²) in [4.78, 5) is 16.4. The number of aromatic amines is 1. The number of urea groups is 1. The van der Waals surface area contributed by atoms with Gasteiger partial charge in [-0.15, -0.1) is 0 Å². The Morgan fingerprint density at radius 2 is 2.00 bits per heavy atom. The fourth-order valence-electron chi connectivity index (χ4n) is 3.03. The number of nitrogens with two attached hydrogens (primary N) is 2. The summed E-state index contributed by atoms with van der Waals surface area (Å²) in [5.41, 5.74) is 14.8. The fourth-order valence-corrected chi connectivity index (χ4v) is 3.03. The molecule has 0 atom stereocenters. The molecule has 0 aliphatic carbocycles. The molecule has 9 heteroatoms. The van der Waals surface area contributed by atoms with Crippen LogP contribution in [0, 0.1) is 5.82 Å². The van der Waals surface area contributed by atoms with Crippen molar-refractivity contribution in [1.82, 2.24) is 15.2 Å². The van der Waals surface area contributed by atoms with E-state index < -0.39 is 11.8 Å². The molecule has 0 radical (unpaired) electrons. The van der Waals surface area contributed by atoms with Crippen LogP contribution in [0.15, 0.2) is 54.7 Å². The minimum atomic E-state index is -0.612. The zero-order valence-electron chi connectivity index (χ0n) is 15.2. The van der Waals surface area contributed by atoms with E-state index in [1.807, 2.05) is 18.2 Å². The van der Waals surface area contributed by atoms with Gasteiger partial charge >= 0.3 is 6.03 Å². The van der Waals surface area contributed by atoms with E-state index in [-0.39, 0.29) is 12.2 Å². The molecule has 2 aromatic heterocycles. The number of amides is 2. The van der Waals surface area contributed by atoms with E-state index in [1.54, 1.807) is 24.4 Å². The number of hydrogen-bond donors (Lipinski definition) is 5. The highest BCUT2D eigenvalue weighted by atomic mass is 19.1. The first kappa shape index (κ1) is 18.4. The smallest absolute Gasteiger partial charge is 0.324 e. The lowest BCUT2D eigenvalue weighted by atomic mass is 10.0. The number of nitrogen functional groups attached to an aromatic ring is 1. The molecule has 2 heterocycles. The zero-order valence-corrected chi connectivity index (χ0v) is 15.2. The maximum atomic E-state index is 13.9. The molecule has 146 valence electrons. The van der Waals surface area contributed by atoms with Gasteiger partial charge in [0.25, 0.3) is 0 Å². The molecular weight excluding hydrogens is 373 g/mol. The highest BCUT2D eigenvalue weighted by molar-refractivity contribution is 6.02. The number of carbonyl (C=O) groups excluding carboxylic acids is 1. The number of benzene rings is 2. The van der Waals surface area contributed by atoms with E-state index in [2.05, 4.69) is 25.8 Å². The second-order valence-electron chi connectivity index (χ2n) is 6.37. The van der Waals surface area contributed by atoms with Crippen LogP contribution < -0.4 is 22.1 Å². The van der Waals surface area contributed by atoms with Crippen molar-refractivity contribution in [2.45, 2.75) is 6.54 Å². The Kier molecular flexibility index (Phi) is 4.80. The Hall–Kier alpha value is -3.98. The third-order valence-electron chi connectivity index (χ3n) is 4.45. The molecule has 0 unspecified atom stereocenters. The molecule has 0 aliphatic rings. The molecule has 0 saturated carbocycles. The summed E-state index contributed by atoms with van der Waals surface area (Å²) < 4.78 is 13.9. The number of hydrogen-bond acceptors (Lipinski definition) is 5. The third kappa shape index (κ3) is 3.71. The summed E-state index contributed by atoms with van der Waals surface area (Å²) in [6, 6.07) is 12.8. The van der Waals surface area contributed by atoms with Crippen molar-refractivity contribution in [2.75, 3.05) is 16.4 Å². The average Bonchev–Trinajstić information content (AvgIpc) is 3.11. The summed E-state index contributed by atoms with van der Waals surface area (Å²) in [6.07, 6.45) is 1.62. The Morgan fingerprint density at radius 3 is 2.76 bits per heavy atom. The Morgan fingerprint density at radius 1 is 1.14 bits per heavy atom. The number of nitrogens with one attached hydrogen (secondary N) is 3. The summed E-state index contributed by atoms with van der Waals surface area (Å²) in [5.74, 6) is 0.166. The van der Waals surface area contributed by atoms with Crippen LogP contribution in [-0.4, -0.2) is 21.2 Å². The predicted octanol–water partition coefficient (Wildman–Crippen LogP) is 3.45. The van der Waals surface area contributed by atoms with Gasteiger partial charge in [0.2, 0.25) is 0 Å². The molecule has 7 N–H and O–H groups in total. The Labute approximate surface area is 165 Å². The first-order chi connectivity index (χ1) is 14.0. The molecule has 2 aromatic carbocycles. The lowest BCUT2D eigenvalue weighted by Crippen LogP contribution is -2.21. The maximum absolute atomic E-state index is 13.9. The summed E-state index contributed by atoms with van der Waals surface area (Å²) in [5, 5.41) is 12.7. The second kappa shape index (κ2) is 7.56. The molecule has 4 aromatic rings. The van der Waals surface area contributed by atoms with Crippen molar-refractivity contribution < 1.29 is 9.18 Å². The Balaban J connectivity index is 1.51. The number of aromatic nitrogens is 3. The van der Waals surface area contributed by atoms with Crippen molar-refractivity contribution in [3.63, 3.8) is 0 Å². The van der Waals surface area contributed by atoms with Crippen LogP contribution in [0.5, 0.6) is 0 Å². The number of H-pyrrole nitrogens is 1. The molecule has 4 rings (SSSR count). The van der Waals surface area contributed by atoms with Gasteiger partial charge in [-0.25, -0.2) is 14.2 Å². The SMILES string of the molecule is NCc1ccc(F)c(NC(=O)Nc2ccc(-c3cccc4[nH]nc(N)c34)cn2)c1. The summed E-state index contributed by atoms with van der Waals surface area (Å²) >= 11 is 0. The van der Waals surface area contributed by atoms with Crippen LogP contribution >= 0.6 is 0 Å². The van der Waals surface area contributed by atoms with Crippen molar-refractivity contribution >= 4 is 34.3 Å². The minimum absolute atomic E-state index is 0.0455. The van der Waals surface area contributed by atoms with Gasteiger partial charge in [-0.3, -0.25) is 10.4 Å². The number of carbonyl (C=O) groups is 1. The Bertz CT molecular complexity index is 1190. The number of fused-ring (bicyclic) bond motifs is 1. The topological polar surface area (TPSA) is 135 Å². The highest BCUT2D eigenvalue weighted by Crippen LogP contribution is 2.31. The monoisotopic (exact) mass is 391 g/mol. The molecule has 0 aliphatic heterocycles. The van der Waals surface area contributed by atoms with Crippen molar-refractivity contribution in [2.24, 2.45) is 5.73 Å². The summed E-state index contributed by atoms with van der Waals surface area (Å²) in [7, 11) is 0.